The Morgan fingerprint density at radius 3 is 2.80 bits per heavy atom. The highest BCUT2D eigenvalue weighted by Gasteiger charge is 1.99. The number of hydrogen-bond donors (Lipinski definition) is 2. The number of pyridine rings is 1. The van der Waals surface area contributed by atoms with Gasteiger partial charge in [-0.15, -0.1) is 0 Å². The van der Waals surface area contributed by atoms with E-state index in [2.05, 4.69) is 24.1 Å². The van der Waals surface area contributed by atoms with Crippen molar-refractivity contribution in [2.45, 2.75) is 26.7 Å². The number of hydrogen-bond acceptors (Lipinski definition) is 3. The van der Waals surface area contributed by atoms with Gasteiger partial charge in [-0.25, -0.2) is 4.98 Å². The van der Waals surface area contributed by atoms with Gasteiger partial charge in [-0.2, -0.15) is 0 Å². The molecule has 4 heteroatoms. The van der Waals surface area contributed by atoms with E-state index in [1.807, 2.05) is 0 Å². The van der Waals surface area contributed by atoms with Crippen molar-refractivity contribution in [2.24, 2.45) is 5.92 Å². The SMILES string of the molecule is CC(C)CCCNc1cc(N)cc(Cl)n1. The first-order chi connectivity index (χ1) is 7.08. The number of nitrogens with two attached hydrogens (primary N) is 1. The van der Waals surface area contributed by atoms with Crippen molar-refractivity contribution < 1.29 is 0 Å². The summed E-state index contributed by atoms with van der Waals surface area (Å²) in [6.07, 6.45) is 2.34. The van der Waals surface area contributed by atoms with Crippen LogP contribution in [0.25, 0.3) is 0 Å². The molecule has 0 fully saturated rings. The first-order valence-electron chi connectivity index (χ1n) is 5.25. The number of nitrogen functional groups attached to an aromatic ring is 1. The van der Waals surface area contributed by atoms with E-state index in [9.17, 15) is 0 Å². The van der Waals surface area contributed by atoms with E-state index in [0.29, 0.717) is 10.8 Å². The molecular formula is C11H18ClN3. The largest absolute Gasteiger partial charge is 0.399 e. The first-order valence-corrected chi connectivity index (χ1v) is 5.62. The first kappa shape index (κ1) is 12.1. The summed E-state index contributed by atoms with van der Waals surface area (Å²) in [7, 11) is 0. The Bertz CT molecular complexity index is 292. The average molecular weight is 228 g/mol. The van der Waals surface area contributed by atoms with Crippen LogP contribution in [-0.2, 0) is 0 Å². The minimum atomic E-state index is 0.432. The third-order valence-corrected chi connectivity index (χ3v) is 2.27. The second-order valence-corrected chi connectivity index (χ2v) is 4.46. The maximum Gasteiger partial charge on any atom is 0.133 e. The zero-order valence-electron chi connectivity index (χ0n) is 9.26. The molecule has 0 saturated carbocycles. The molecule has 0 aliphatic heterocycles. The van der Waals surface area contributed by atoms with Crippen LogP contribution in [0.5, 0.6) is 0 Å². The van der Waals surface area contributed by atoms with E-state index in [4.69, 9.17) is 17.3 Å². The van der Waals surface area contributed by atoms with Gasteiger partial charge >= 0.3 is 0 Å². The summed E-state index contributed by atoms with van der Waals surface area (Å²) in [4.78, 5) is 4.13. The minimum Gasteiger partial charge on any atom is -0.399 e. The van der Waals surface area contributed by atoms with E-state index < -0.39 is 0 Å². The Hall–Kier alpha value is -0.960. The lowest BCUT2D eigenvalue weighted by molar-refractivity contribution is 0.566. The fourth-order valence-corrected chi connectivity index (χ4v) is 1.55. The molecule has 15 heavy (non-hydrogen) atoms. The zero-order valence-corrected chi connectivity index (χ0v) is 10.0. The summed E-state index contributed by atoms with van der Waals surface area (Å²) in [5.74, 6) is 1.49. The van der Waals surface area contributed by atoms with Crippen molar-refractivity contribution in [1.82, 2.24) is 4.98 Å². The molecule has 0 aromatic carbocycles. The van der Waals surface area contributed by atoms with Gasteiger partial charge in [0.15, 0.2) is 0 Å². The Labute approximate surface area is 96.0 Å². The van der Waals surface area contributed by atoms with Crippen molar-refractivity contribution in [1.29, 1.82) is 0 Å². The molecule has 0 amide bonds. The van der Waals surface area contributed by atoms with Gasteiger partial charge in [0, 0.05) is 18.3 Å². The van der Waals surface area contributed by atoms with Crippen molar-refractivity contribution >= 4 is 23.1 Å². The summed E-state index contributed by atoms with van der Waals surface area (Å²) in [6.45, 7) is 5.34. The second-order valence-electron chi connectivity index (χ2n) is 4.07. The van der Waals surface area contributed by atoms with Crippen molar-refractivity contribution in [3.63, 3.8) is 0 Å². The Morgan fingerprint density at radius 2 is 2.20 bits per heavy atom. The van der Waals surface area contributed by atoms with Crippen LogP contribution in [0.15, 0.2) is 12.1 Å². The molecule has 1 rings (SSSR count). The van der Waals surface area contributed by atoms with Crippen LogP contribution in [0.1, 0.15) is 26.7 Å². The minimum absolute atomic E-state index is 0.432. The van der Waals surface area contributed by atoms with Gasteiger partial charge in [0.25, 0.3) is 0 Å². The Morgan fingerprint density at radius 1 is 1.47 bits per heavy atom. The van der Waals surface area contributed by atoms with Crippen molar-refractivity contribution in [2.75, 3.05) is 17.6 Å². The molecule has 0 spiro atoms. The summed E-state index contributed by atoms with van der Waals surface area (Å²) in [5, 5.41) is 3.64. The number of aromatic nitrogens is 1. The quantitative estimate of drug-likeness (QED) is 0.600. The molecule has 84 valence electrons. The van der Waals surface area contributed by atoms with Crippen LogP contribution in [0.2, 0.25) is 5.15 Å². The molecule has 0 atom stereocenters. The molecule has 0 saturated heterocycles. The molecular weight excluding hydrogens is 210 g/mol. The maximum absolute atomic E-state index is 5.78. The predicted octanol–water partition coefficient (Wildman–Crippen LogP) is 3.17. The van der Waals surface area contributed by atoms with Crippen LogP contribution >= 0.6 is 11.6 Å². The van der Waals surface area contributed by atoms with Crippen LogP contribution in [-0.4, -0.2) is 11.5 Å². The number of anilines is 2. The lowest BCUT2D eigenvalue weighted by Crippen LogP contribution is -2.05. The lowest BCUT2D eigenvalue weighted by atomic mass is 10.1. The van der Waals surface area contributed by atoms with E-state index in [-0.39, 0.29) is 0 Å². The molecule has 1 aromatic rings. The molecule has 0 radical (unpaired) electrons. The maximum atomic E-state index is 5.78. The summed E-state index contributed by atoms with van der Waals surface area (Å²) in [5.41, 5.74) is 6.29. The van der Waals surface area contributed by atoms with Gasteiger partial charge in [0.2, 0.25) is 0 Å². The Kier molecular flexibility index (Phi) is 4.69. The standard InChI is InChI=1S/C11H18ClN3/c1-8(2)4-3-5-14-11-7-9(13)6-10(12)15-11/h6-8H,3-5H2,1-2H3,(H3,13,14,15). The predicted molar refractivity (Wildman–Crippen MR) is 66.2 cm³/mol. The van der Waals surface area contributed by atoms with E-state index in [0.717, 1.165) is 24.7 Å². The summed E-state index contributed by atoms with van der Waals surface area (Å²) in [6, 6.07) is 3.43. The highest BCUT2D eigenvalue weighted by Crippen LogP contribution is 2.15. The molecule has 0 bridgehead atoms. The van der Waals surface area contributed by atoms with Crippen LogP contribution in [0, 0.1) is 5.92 Å². The second kappa shape index (κ2) is 5.81. The number of halogens is 1. The zero-order chi connectivity index (χ0) is 11.3. The molecule has 0 unspecified atom stereocenters. The highest BCUT2D eigenvalue weighted by molar-refractivity contribution is 6.29. The van der Waals surface area contributed by atoms with E-state index in [1.165, 1.54) is 6.42 Å². The van der Waals surface area contributed by atoms with Crippen molar-refractivity contribution in [3.05, 3.63) is 17.3 Å². The highest BCUT2D eigenvalue weighted by atomic mass is 35.5. The lowest BCUT2D eigenvalue weighted by Gasteiger charge is -2.08. The fourth-order valence-electron chi connectivity index (χ4n) is 1.33. The van der Waals surface area contributed by atoms with Crippen LogP contribution in [0.3, 0.4) is 0 Å². The van der Waals surface area contributed by atoms with Gasteiger partial charge in [-0.1, -0.05) is 25.4 Å². The van der Waals surface area contributed by atoms with E-state index >= 15 is 0 Å². The van der Waals surface area contributed by atoms with Gasteiger partial charge in [0.1, 0.15) is 11.0 Å². The topological polar surface area (TPSA) is 50.9 Å². The molecule has 0 aliphatic rings. The van der Waals surface area contributed by atoms with E-state index in [1.54, 1.807) is 12.1 Å². The third kappa shape index (κ3) is 4.88. The number of nitrogens with one attached hydrogen (secondary N) is 1. The molecule has 1 aromatic heterocycles. The summed E-state index contributed by atoms with van der Waals surface area (Å²) >= 11 is 5.78. The Balaban J connectivity index is 2.37. The average Bonchev–Trinajstić information content (AvgIpc) is 2.10. The van der Waals surface area contributed by atoms with Gasteiger partial charge in [-0.05, 0) is 24.8 Å². The fraction of sp³-hybridized carbons (Fsp3) is 0.545. The molecule has 3 N–H and O–H groups in total. The monoisotopic (exact) mass is 227 g/mol. The normalized spacial score (nSPS) is 10.7. The molecule has 1 heterocycles. The third-order valence-electron chi connectivity index (χ3n) is 2.08. The van der Waals surface area contributed by atoms with Gasteiger partial charge in [-0.3, -0.25) is 0 Å². The van der Waals surface area contributed by atoms with Crippen molar-refractivity contribution in [3.8, 4) is 0 Å². The smallest absolute Gasteiger partial charge is 0.133 e. The summed E-state index contributed by atoms with van der Waals surface area (Å²) < 4.78 is 0. The van der Waals surface area contributed by atoms with Crippen LogP contribution in [0.4, 0.5) is 11.5 Å². The van der Waals surface area contributed by atoms with Gasteiger partial charge < -0.3 is 11.1 Å². The molecule has 0 aliphatic carbocycles. The van der Waals surface area contributed by atoms with Crippen LogP contribution < -0.4 is 11.1 Å². The number of nitrogens with zero attached hydrogens (tertiary/aromatic N) is 1. The van der Waals surface area contributed by atoms with Gasteiger partial charge in [0.05, 0.1) is 0 Å². The number of rotatable bonds is 5. The molecule has 3 nitrogen and oxygen atoms in total.